The van der Waals surface area contributed by atoms with Gasteiger partial charge in [-0.15, -0.1) is 0 Å². The van der Waals surface area contributed by atoms with Gasteiger partial charge in [-0.2, -0.15) is 13.2 Å². The van der Waals surface area contributed by atoms with Gasteiger partial charge < -0.3 is 10.2 Å². The van der Waals surface area contributed by atoms with E-state index in [0.29, 0.717) is 0 Å². The van der Waals surface area contributed by atoms with Crippen LogP contribution in [-0.2, 0) is 9.59 Å². The van der Waals surface area contributed by atoms with Crippen LogP contribution >= 0.6 is 0 Å². The Morgan fingerprint density at radius 2 is 2.00 bits per heavy atom. The number of rotatable bonds is 4. The van der Waals surface area contributed by atoms with Gasteiger partial charge in [-0.3, -0.25) is 9.59 Å². The second-order valence-corrected chi connectivity index (χ2v) is 5.47. The molecule has 0 aromatic heterocycles. The number of nitrogens with one attached hydrogen (secondary N) is 1. The van der Waals surface area contributed by atoms with Gasteiger partial charge in [-0.1, -0.05) is 0 Å². The largest absolute Gasteiger partial charge is 0.389 e. The maximum atomic E-state index is 12.3. The van der Waals surface area contributed by atoms with Gasteiger partial charge in [0.25, 0.3) is 0 Å². The lowest BCUT2D eigenvalue weighted by Crippen LogP contribution is -2.66. The number of halogens is 3. The number of hydrogen-bond donors (Lipinski definition) is 1. The van der Waals surface area contributed by atoms with Crippen LogP contribution in [0.4, 0.5) is 13.2 Å². The Morgan fingerprint density at radius 3 is 2.53 bits per heavy atom. The standard InChI is InChI=1S/C12H17F3N2O2/c1-11(8-3-4-8)10(19)17(7-9(18)16-11)6-2-5-12(13,14)15/h8H,2-7H2,1H3,(H,16,18). The third-order valence-corrected chi connectivity index (χ3v) is 3.75. The molecule has 1 aliphatic carbocycles. The summed E-state index contributed by atoms with van der Waals surface area (Å²) in [5, 5.41) is 2.69. The summed E-state index contributed by atoms with van der Waals surface area (Å²) in [5.41, 5.74) is -0.923. The molecule has 1 atom stereocenters. The van der Waals surface area contributed by atoms with Crippen molar-refractivity contribution >= 4 is 11.8 Å². The minimum absolute atomic E-state index is 0.0198. The lowest BCUT2D eigenvalue weighted by atomic mass is 9.91. The number of nitrogens with zero attached hydrogens (tertiary/aromatic N) is 1. The molecule has 1 saturated heterocycles. The minimum atomic E-state index is -4.22. The molecule has 7 heteroatoms. The molecule has 1 unspecified atom stereocenters. The van der Waals surface area contributed by atoms with Gasteiger partial charge >= 0.3 is 6.18 Å². The van der Waals surface area contributed by atoms with E-state index >= 15 is 0 Å². The summed E-state index contributed by atoms with van der Waals surface area (Å²) < 4.78 is 36.3. The fourth-order valence-corrected chi connectivity index (χ4v) is 2.54. The first-order valence-electron chi connectivity index (χ1n) is 6.39. The Morgan fingerprint density at radius 1 is 1.37 bits per heavy atom. The molecule has 1 saturated carbocycles. The first-order valence-corrected chi connectivity index (χ1v) is 6.39. The zero-order chi connectivity index (χ0) is 14.3. The van der Waals surface area contributed by atoms with E-state index in [1.54, 1.807) is 6.92 Å². The van der Waals surface area contributed by atoms with Crippen LogP contribution in [0.3, 0.4) is 0 Å². The predicted octanol–water partition coefficient (Wildman–Crippen LogP) is 1.46. The van der Waals surface area contributed by atoms with E-state index in [2.05, 4.69) is 5.32 Å². The van der Waals surface area contributed by atoms with Gasteiger partial charge in [0, 0.05) is 13.0 Å². The van der Waals surface area contributed by atoms with Crippen molar-refractivity contribution in [2.45, 2.75) is 44.3 Å². The molecular formula is C12H17F3N2O2. The van der Waals surface area contributed by atoms with Gasteiger partial charge in [-0.25, -0.2) is 0 Å². The van der Waals surface area contributed by atoms with Crippen molar-refractivity contribution in [1.82, 2.24) is 10.2 Å². The van der Waals surface area contributed by atoms with Crippen LogP contribution in [-0.4, -0.2) is 41.5 Å². The smallest absolute Gasteiger partial charge is 0.340 e. The van der Waals surface area contributed by atoms with Gasteiger partial charge in [-0.05, 0) is 32.1 Å². The molecular weight excluding hydrogens is 261 g/mol. The number of hydrogen-bond acceptors (Lipinski definition) is 2. The summed E-state index contributed by atoms with van der Waals surface area (Å²) in [5.74, 6) is -0.424. The maximum Gasteiger partial charge on any atom is 0.389 e. The molecule has 4 nitrogen and oxygen atoms in total. The quantitative estimate of drug-likeness (QED) is 0.846. The molecule has 0 bridgehead atoms. The summed E-state index contributed by atoms with van der Waals surface area (Å²) in [6.07, 6.45) is -3.57. The summed E-state index contributed by atoms with van der Waals surface area (Å²) in [6.45, 7) is 1.51. The van der Waals surface area contributed by atoms with E-state index in [0.717, 1.165) is 12.8 Å². The molecule has 2 amide bonds. The SMILES string of the molecule is CC1(C2CC2)NC(=O)CN(CCCC(F)(F)F)C1=O. The van der Waals surface area contributed by atoms with E-state index in [1.807, 2.05) is 0 Å². The number of amides is 2. The third kappa shape index (κ3) is 3.19. The van der Waals surface area contributed by atoms with E-state index in [4.69, 9.17) is 0 Å². The summed E-state index contributed by atoms with van der Waals surface area (Å²) in [4.78, 5) is 25.1. The van der Waals surface area contributed by atoms with Crippen molar-refractivity contribution in [3.63, 3.8) is 0 Å². The number of carbonyl (C=O) groups is 2. The highest BCUT2D eigenvalue weighted by molar-refractivity contribution is 5.98. The van der Waals surface area contributed by atoms with E-state index in [9.17, 15) is 22.8 Å². The number of piperazine rings is 1. The van der Waals surface area contributed by atoms with Crippen molar-refractivity contribution in [3.05, 3.63) is 0 Å². The van der Waals surface area contributed by atoms with Crippen LogP contribution in [0.2, 0.25) is 0 Å². The minimum Gasteiger partial charge on any atom is -0.340 e. The van der Waals surface area contributed by atoms with Crippen molar-refractivity contribution < 1.29 is 22.8 Å². The van der Waals surface area contributed by atoms with Crippen LogP contribution in [0.5, 0.6) is 0 Å². The van der Waals surface area contributed by atoms with E-state index in [1.165, 1.54) is 4.90 Å². The predicted molar refractivity (Wildman–Crippen MR) is 61.1 cm³/mol. The van der Waals surface area contributed by atoms with E-state index < -0.39 is 18.1 Å². The third-order valence-electron chi connectivity index (χ3n) is 3.75. The molecule has 2 fully saturated rings. The molecule has 19 heavy (non-hydrogen) atoms. The van der Waals surface area contributed by atoms with Crippen molar-refractivity contribution in [3.8, 4) is 0 Å². The Kier molecular flexibility index (Phi) is 3.49. The average Bonchev–Trinajstić information content (AvgIpc) is 3.07. The molecule has 0 aromatic carbocycles. The first kappa shape index (κ1) is 14.1. The zero-order valence-corrected chi connectivity index (χ0v) is 10.7. The Bertz CT molecular complexity index is 393. The summed E-state index contributed by atoms with van der Waals surface area (Å²) in [7, 11) is 0. The van der Waals surface area contributed by atoms with Gasteiger partial charge in [0.15, 0.2) is 0 Å². The fraction of sp³-hybridized carbons (Fsp3) is 0.833. The Hall–Kier alpha value is -1.27. The first-order chi connectivity index (χ1) is 8.72. The van der Waals surface area contributed by atoms with Crippen molar-refractivity contribution in [1.29, 1.82) is 0 Å². The molecule has 0 aromatic rings. The average molecular weight is 278 g/mol. The number of carbonyl (C=O) groups excluding carboxylic acids is 2. The fourth-order valence-electron chi connectivity index (χ4n) is 2.54. The van der Waals surface area contributed by atoms with Crippen LogP contribution < -0.4 is 5.32 Å². The van der Waals surface area contributed by atoms with Gasteiger partial charge in [0.05, 0.1) is 6.54 Å². The molecule has 2 aliphatic rings. The Balaban J connectivity index is 1.96. The molecule has 1 N–H and O–H groups in total. The molecule has 1 heterocycles. The monoisotopic (exact) mass is 278 g/mol. The highest BCUT2D eigenvalue weighted by Gasteiger charge is 2.52. The summed E-state index contributed by atoms with van der Waals surface area (Å²) in [6, 6.07) is 0. The number of alkyl halides is 3. The highest BCUT2D eigenvalue weighted by Crippen LogP contribution is 2.41. The van der Waals surface area contributed by atoms with Gasteiger partial charge in [0.1, 0.15) is 5.54 Å². The van der Waals surface area contributed by atoms with E-state index in [-0.39, 0.29) is 37.2 Å². The normalized spacial score (nSPS) is 28.5. The van der Waals surface area contributed by atoms with Gasteiger partial charge in [0.2, 0.25) is 11.8 Å². The lowest BCUT2D eigenvalue weighted by molar-refractivity contribution is -0.152. The maximum absolute atomic E-state index is 12.3. The van der Waals surface area contributed by atoms with Crippen LogP contribution in [0.1, 0.15) is 32.6 Å². The summed E-state index contributed by atoms with van der Waals surface area (Å²) >= 11 is 0. The molecule has 0 radical (unpaired) electrons. The molecule has 2 rings (SSSR count). The van der Waals surface area contributed by atoms with Crippen LogP contribution in [0, 0.1) is 5.92 Å². The van der Waals surface area contributed by atoms with Crippen molar-refractivity contribution in [2.24, 2.45) is 5.92 Å². The Labute approximate surface area is 109 Å². The van der Waals surface area contributed by atoms with Crippen LogP contribution in [0.15, 0.2) is 0 Å². The lowest BCUT2D eigenvalue weighted by Gasteiger charge is -2.40. The second-order valence-electron chi connectivity index (χ2n) is 5.47. The highest BCUT2D eigenvalue weighted by atomic mass is 19.4. The molecule has 0 spiro atoms. The molecule has 1 aliphatic heterocycles. The van der Waals surface area contributed by atoms with Crippen molar-refractivity contribution in [2.75, 3.05) is 13.1 Å². The molecule has 108 valence electrons. The second kappa shape index (κ2) is 4.68. The zero-order valence-electron chi connectivity index (χ0n) is 10.7. The van der Waals surface area contributed by atoms with Crippen LogP contribution in [0.25, 0.3) is 0 Å². The topological polar surface area (TPSA) is 49.4 Å².